The van der Waals surface area contributed by atoms with E-state index in [4.69, 9.17) is 4.74 Å². The van der Waals surface area contributed by atoms with Gasteiger partial charge >= 0.3 is 0 Å². The summed E-state index contributed by atoms with van der Waals surface area (Å²) < 4.78 is 19.0. The molecule has 0 aromatic heterocycles. The molecule has 1 unspecified atom stereocenters. The van der Waals surface area contributed by atoms with Crippen molar-refractivity contribution in [1.82, 2.24) is 0 Å². The molecule has 112 valence electrons. The molecule has 1 aromatic carbocycles. The van der Waals surface area contributed by atoms with E-state index in [1.54, 1.807) is 21.0 Å². The number of anilines is 1. The van der Waals surface area contributed by atoms with Crippen LogP contribution in [-0.4, -0.2) is 31.9 Å². The van der Waals surface area contributed by atoms with E-state index >= 15 is 0 Å². The van der Waals surface area contributed by atoms with Crippen molar-refractivity contribution in [2.45, 2.75) is 32.8 Å². The van der Waals surface area contributed by atoms with Gasteiger partial charge in [-0.15, -0.1) is 0 Å². The third kappa shape index (κ3) is 3.30. The minimum atomic E-state index is -0.664. The molecular formula is C16H24FNO2. The van der Waals surface area contributed by atoms with E-state index in [-0.39, 0.29) is 5.82 Å². The van der Waals surface area contributed by atoms with E-state index in [1.165, 1.54) is 6.07 Å². The Morgan fingerprint density at radius 1 is 1.50 bits per heavy atom. The van der Waals surface area contributed by atoms with Gasteiger partial charge in [-0.25, -0.2) is 4.39 Å². The number of nitrogens with zero attached hydrogens (tertiary/aromatic N) is 1. The Morgan fingerprint density at radius 2 is 2.25 bits per heavy atom. The van der Waals surface area contributed by atoms with Gasteiger partial charge in [-0.1, -0.05) is 0 Å². The number of piperidine rings is 1. The zero-order valence-electron chi connectivity index (χ0n) is 12.5. The molecule has 0 bridgehead atoms. The Labute approximate surface area is 120 Å². The predicted molar refractivity (Wildman–Crippen MR) is 78.6 cm³/mol. The lowest BCUT2D eigenvalue weighted by Crippen LogP contribution is -2.37. The molecule has 0 amide bonds. The van der Waals surface area contributed by atoms with Gasteiger partial charge in [0.1, 0.15) is 5.82 Å². The van der Waals surface area contributed by atoms with Crippen molar-refractivity contribution >= 4 is 5.69 Å². The van der Waals surface area contributed by atoms with Crippen LogP contribution in [0.15, 0.2) is 12.1 Å². The van der Waals surface area contributed by atoms with Gasteiger partial charge in [0.15, 0.2) is 0 Å². The molecule has 4 heteroatoms. The van der Waals surface area contributed by atoms with Crippen LogP contribution in [0.1, 0.15) is 37.0 Å². The molecule has 1 aromatic rings. The number of aliphatic hydroxyl groups excluding tert-OH is 1. The third-order valence-electron chi connectivity index (χ3n) is 4.02. The van der Waals surface area contributed by atoms with Gasteiger partial charge in [0.2, 0.25) is 0 Å². The second kappa shape index (κ2) is 6.55. The van der Waals surface area contributed by atoms with Crippen molar-refractivity contribution in [3.8, 4) is 0 Å². The number of hydrogen-bond donors (Lipinski definition) is 1. The van der Waals surface area contributed by atoms with Crippen molar-refractivity contribution in [1.29, 1.82) is 0 Å². The van der Waals surface area contributed by atoms with Gasteiger partial charge in [0.25, 0.3) is 0 Å². The fourth-order valence-corrected chi connectivity index (χ4v) is 2.95. The minimum absolute atomic E-state index is 0.255. The van der Waals surface area contributed by atoms with Crippen LogP contribution in [0.5, 0.6) is 0 Å². The Kier molecular flexibility index (Phi) is 5.00. The number of ether oxygens (including phenoxy) is 1. The zero-order valence-corrected chi connectivity index (χ0v) is 12.5. The monoisotopic (exact) mass is 281 g/mol. The first-order valence-corrected chi connectivity index (χ1v) is 7.25. The number of benzene rings is 1. The zero-order chi connectivity index (χ0) is 14.7. The maximum Gasteiger partial charge on any atom is 0.126 e. The number of rotatable bonds is 4. The van der Waals surface area contributed by atoms with Crippen molar-refractivity contribution in [2.75, 3.05) is 31.7 Å². The van der Waals surface area contributed by atoms with Crippen LogP contribution in [0.25, 0.3) is 0 Å². The fourth-order valence-electron chi connectivity index (χ4n) is 2.95. The lowest BCUT2D eigenvalue weighted by molar-refractivity contribution is 0.143. The first-order valence-electron chi connectivity index (χ1n) is 7.25. The predicted octanol–water partition coefficient (Wildman–Crippen LogP) is 3.05. The first-order chi connectivity index (χ1) is 9.52. The molecule has 1 heterocycles. The second-order valence-electron chi connectivity index (χ2n) is 5.75. The van der Waals surface area contributed by atoms with E-state index < -0.39 is 6.10 Å². The number of halogens is 1. The van der Waals surface area contributed by atoms with Crippen LogP contribution >= 0.6 is 0 Å². The Balaban J connectivity index is 2.28. The Hall–Kier alpha value is -1.13. The van der Waals surface area contributed by atoms with Gasteiger partial charge in [0.05, 0.1) is 12.7 Å². The molecule has 3 nitrogen and oxygen atoms in total. The fraction of sp³-hybridized carbons (Fsp3) is 0.625. The highest BCUT2D eigenvalue weighted by Crippen LogP contribution is 2.32. The van der Waals surface area contributed by atoms with Gasteiger partial charge < -0.3 is 14.7 Å². The second-order valence-corrected chi connectivity index (χ2v) is 5.75. The summed E-state index contributed by atoms with van der Waals surface area (Å²) in [4.78, 5) is 2.25. The molecular weight excluding hydrogens is 257 g/mol. The molecule has 2 atom stereocenters. The Bertz CT molecular complexity index is 460. The van der Waals surface area contributed by atoms with E-state index in [1.807, 2.05) is 6.07 Å². The molecule has 1 fully saturated rings. The summed E-state index contributed by atoms with van der Waals surface area (Å²) in [6.07, 6.45) is 1.60. The lowest BCUT2D eigenvalue weighted by atomic mass is 9.96. The van der Waals surface area contributed by atoms with Crippen LogP contribution in [0.3, 0.4) is 0 Å². The highest BCUT2D eigenvalue weighted by atomic mass is 19.1. The average Bonchev–Trinajstić information content (AvgIpc) is 2.42. The van der Waals surface area contributed by atoms with Crippen LogP contribution in [0, 0.1) is 18.7 Å². The summed E-state index contributed by atoms with van der Waals surface area (Å²) in [7, 11) is 1.72. The normalized spacial score (nSPS) is 21.1. The standard InChI is InChI=1S/C16H24FNO2/c1-11-7-16(14(12(2)19)8-15(11)17)18-6-4-5-13(9-18)10-20-3/h7-8,12-13,19H,4-6,9-10H2,1-3H3/t12-,13?/m0/s1. The number of hydrogen-bond acceptors (Lipinski definition) is 3. The summed E-state index contributed by atoms with van der Waals surface area (Å²) >= 11 is 0. The number of aliphatic hydroxyl groups is 1. The SMILES string of the molecule is COCC1CCCN(c2cc(C)c(F)cc2[C@H](C)O)C1. The van der Waals surface area contributed by atoms with Crippen LogP contribution < -0.4 is 4.90 Å². The lowest BCUT2D eigenvalue weighted by Gasteiger charge is -2.36. The molecule has 1 aliphatic heterocycles. The van der Waals surface area contributed by atoms with Gasteiger partial charge in [-0.05, 0) is 50.3 Å². The van der Waals surface area contributed by atoms with E-state index in [0.29, 0.717) is 17.0 Å². The summed E-state index contributed by atoms with van der Waals surface area (Å²) in [6.45, 7) is 6.05. The molecule has 20 heavy (non-hydrogen) atoms. The third-order valence-corrected chi connectivity index (χ3v) is 4.02. The van der Waals surface area contributed by atoms with Crippen LogP contribution in [0.2, 0.25) is 0 Å². The van der Waals surface area contributed by atoms with Crippen LogP contribution in [-0.2, 0) is 4.74 Å². The van der Waals surface area contributed by atoms with Gasteiger partial charge in [0, 0.05) is 31.5 Å². The molecule has 1 N–H and O–H groups in total. The van der Waals surface area contributed by atoms with E-state index in [0.717, 1.165) is 38.2 Å². The number of methoxy groups -OCH3 is 1. The summed E-state index contributed by atoms with van der Waals surface area (Å²) in [5.41, 5.74) is 2.25. The minimum Gasteiger partial charge on any atom is -0.389 e. The quantitative estimate of drug-likeness (QED) is 0.920. The van der Waals surface area contributed by atoms with Gasteiger partial charge in [-0.2, -0.15) is 0 Å². The van der Waals surface area contributed by atoms with Crippen molar-refractivity contribution in [2.24, 2.45) is 5.92 Å². The smallest absolute Gasteiger partial charge is 0.126 e. The Morgan fingerprint density at radius 3 is 2.90 bits per heavy atom. The van der Waals surface area contributed by atoms with Crippen molar-refractivity contribution < 1.29 is 14.2 Å². The van der Waals surface area contributed by atoms with E-state index in [9.17, 15) is 9.50 Å². The maximum atomic E-state index is 13.7. The molecule has 0 spiro atoms. The van der Waals surface area contributed by atoms with Crippen molar-refractivity contribution in [3.63, 3.8) is 0 Å². The van der Waals surface area contributed by atoms with E-state index in [2.05, 4.69) is 4.90 Å². The summed E-state index contributed by atoms with van der Waals surface area (Å²) in [5, 5.41) is 9.90. The summed E-state index contributed by atoms with van der Waals surface area (Å²) in [5.74, 6) is 0.246. The van der Waals surface area contributed by atoms with Gasteiger partial charge in [-0.3, -0.25) is 0 Å². The average molecular weight is 281 g/mol. The molecule has 1 saturated heterocycles. The van der Waals surface area contributed by atoms with Crippen molar-refractivity contribution in [3.05, 3.63) is 29.1 Å². The molecule has 0 saturated carbocycles. The first kappa shape index (κ1) is 15.3. The molecule has 2 rings (SSSR count). The molecule has 0 aliphatic carbocycles. The number of aryl methyl sites for hydroxylation is 1. The topological polar surface area (TPSA) is 32.7 Å². The maximum absolute atomic E-state index is 13.7. The highest BCUT2D eigenvalue weighted by molar-refractivity contribution is 5.57. The highest BCUT2D eigenvalue weighted by Gasteiger charge is 2.23. The largest absolute Gasteiger partial charge is 0.389 e. The van der Waals surface area contributed by atoms with Crippen LogP contribution in [0.4, 0.5) is 10.1 Å². The molecule has 0 radical (unpaired) electrons. The summed E-state index contributed by atoms with van der Waals surface area (Å²) in [6, 6.07) is 3.32. The molecule has 1 aliphatic rings.